The molecule has 0 amide bonds. The van der Waals surface area contributed by atoms with Gasteiger partial charge in [0, 0.05) is 36.3 Å². The average molecular weight is 279 g/mol. The summed E-state index contributed by atoms with van der Waals surface area (Å²) < 4.78 is 5.50. The summed E-state index contributed by atoms with van der Waals surface area (Å²) in [7, 11) is 1.79. The summed E-state index contributed by atoms with van der Waals surface area (Å²) in [6.07, 6.45) is 3.89. The van der Waals surface area contributed by atoms with Crippen LogP contribution in [-0.4, -0.2) is 24.2 Å². The predicted molar refractivity (Wildman–Crippen MR) is 78.6 cm³/mol. The van der Waals surface area contributed by atoms with Crippen LogP contribution in [-0.2, 0) is 11.3 Å². The van der Waals surface area contributed by atoms with Crippen LogP contribution in [0, 0.1) is 0 Å². The first-order chi connectivity index (χ1) is 9.29. The third-order valence-corrected chi connectivity index (χ3v) is 4.44. The lowest BCUT2D eigenvalue weighted by Gasteiger charge is -2.19. The Bertz CT molecular complexity index is 566. The number of benzene rings is 1. The molecule has 102 valence electrons. The highest BCUT2D eigenvalue weighted by Crippen LogP contribution is 2.28. The van der Waals surface area contributed by atoms with E-state index in [2.05, 4.69) is 16.4 Å². The zero-order valence-electron chi connectivity index (χ0n) is 11.1. The van der Waals surface area contributed by atoms with Gasteiger partial charge in [-0.05, 0) is 25.3 Å². The first kappa shape index (κ1) is 13.0. The second kappa shape index (κ2) is 5.53. The van der Waals surface area contributed by atoms with Gasteiger partial charge in [0.2, 0.25) is 0 Å². The molecule has 1 aromatic carbocycles. The molecule has 2 aromatic rings. The molecule has 4 heteroatoms. The predicted octanol–water partition coefficient (Wildman–Crippen LogP) is 3.48. The number of aromatic nitrogens is 1. The number of halogens is 1. The van der Waals surface area contributed by atoms with Gasteiger partial charge >= 0.3 is 0 Å². The lowest BCUT2D eigenvalue weighted by molar-refractivity contribution is 0.0846. The van der Waals surface area contributed by atoms with Gasteiger partial charge in [-0.2, -0.15) is 0 Å². The highest BCUT2D eigenvalue weighted by Gasteiger charge is 2.26. The van der Waals surface area contributed by atoms with E-state index in [0.717, 1.165) is 34.6 Å². The van der Waals surface area contributed by atoms with Crippen LogP contribution >= 0.6 is 11.6 Å². The van der Waals surface area contributed by atoms with E-state index in [1.807, 2.05) is 18.2 Å². The first-order valence-corrected chi connectivity index (χ1v) is 7.18. The molecule has 19 heavy (non-hydrogen) atoms. The van der Waals surface area contributed by atoms with Crippen LogP contribution in [0.5, 0.6) is 0 Å². The minimum atomic E-state index is 0.336. The van der Waals surface area contributed by atoms with Gasteiger partial charge in [-0.1, -0.05) is 29.8 Å². The molecule has 2 N–H and O–H groups in total. The van der Waals surface area contributed by atoms with Gasteiger partial charge in [0.15, 0.2) is 0 Å². The van der Waals surface area contributed by atoms with E-state index in [-0.39, 0.29) is 0 Å². The van der Waals surface area contributed by atoms with Gasteiger partial charge in [0.05, 0.1) is 11.1 Å². The zero-order chi connectivity index (χ0) is 13.2. The molecule has 0 radical (unpaired) electrons. The standard InChI is InChI=1S/C15H19ClN2O/c1-19-14-8-4-7-12(14)17-9-13-15(16)10-5-2-3-6-11(10)18-13/h2-3,5-6,12,14,17-18H,4,7-9H2,1H3. The second-order valence-electron chi connectivity index (χ2n) is 5.16. The molecule has 0 spiro atoms. The molecule has 1 saturated carbocycles. The maximum absolute atomic E-state index is 6.41. The molecule has 0 aliphatic heterocycles. The third kappa shape index (κ3) is 2.50. The normalized spacial score (nSPS) is 23.3. The fourth-order valence-electron chi connectivity index (χ4n) is 2.96. The van der Waals surface area contributed by atoms with Crippen molar-refractivity contribution in [2.24, 2.45) is 0 Å². The smallest absolute Gasteiger partial charge is 0.0724 e. The van der Waals surface area contributed by atoms with Crippen LogP contribution in [0.3, 0.4) is 0 Å². The average Bonchev–Trinajstić information content (AvgIpc) is 3.01. The SMILES string of the molecule is COC1CCCC1NCc1[nH]c2ccccc2c1Cl. The van der Waals surface area contributed by atoms with Crippen LogP contribution in [0.4, 0.5) is 0 Å². The number of nitrogens with one attached hydrogen (secondary N) is 2. The number of hydrogen-bond acceptors (Lipinski definition) is 2. The van der Waals surface area contributed by atoms with Crippen LogP contribution in [0.1, 0.15) is 25.0 Å². The van der Waals surface area contributed by atoms with Crippen molar-refractivity contribution in [1.29, 1.82) is 0 Å². The highest BCUT2D eigenvalue weighted by atomic mass is 35.5. The monoisotopic (exact) mass is 278 g/mol. The maximum Gasteiger partial charge on any atom is 0.0724 e. The van der Waals surface area contributed by atoms with Crippen molar-refractivity contribution in [3.05, 3.63) is 35.0 Å². The molecular formula is C15H19ClN2O. The van der Waals surface area contributed by atoms with E-state index in [1.54, 1.807) is 7.11 Å². The molecule has 2 atom stereocenters. The second-order valence-corrected chi connectivity index (χ2v) is 5.53. The van der Waals surface area contributed by atoms with Crippen molar-refractivity contribution < 1.29 is 4.74 Å². The van der Waals surface area contributed by atoms with Crippen LogP contribution < -0.4 is 5.32 Å². The summed E-state index contributed by atoms with van der Waals surface area (Å²) in [6.45, 7) is 0.762. The number of fused-ring (bicyclic) bond motifs is 1. The largest absolute Gasteiger partial charge is 0.380 e. The van der Waals surface area contributed by atoms with Crippen molar-refractivity contribution in [3.63, 3.8) is 0 Å². The summed E-state index contributed by atoms with van der Waals surface area (Å²) in [4.78, 5) is 3.39. The van der Waals surface area contributed by atoms with E-state index >= 15 is 0 Å². The lowest BCUT2D eigenvalue weighted by atomic mass is 10.2. The van der Waals surface area contributed by atoms with E-state index < -0.39 is 0 Å². The number of ether oxygens (including phenoxy) is 1. The Morgan fingerprint density at radius 1 is 1.37 bits per heavy atom. The fourth-order valence-corrected chi connectivity index (χ4v) is 3.24. The van der Waals surface area contributed by atoms with Crippen molar-refractivity contribution in [3.8, 4) is 0 Å². The molecule has 1 fully saturated rings. The van der Waals surface area contributed by atoms with Crippen molar-refractivity contribution in [2.45, 2.75) is 38.0 Å². The molecular weight excluding hydrogens is 260 g/mol. The third-order valence-electron chi connectivity index (χ3n) is 4.01. The number of rotatable bonds is 4. The maximum atomic E-state index is 6.41. The molecule has 1 aliphatic rings. The molecule has 3 nitrogen and oxygen atoms in total. The number of hydrogen-bond donors (Lipinski definition) is 2. The Balaban J connectivity index is 1.73. The van der Waals surface area contributed by atoms with Gasteiger partial charge in [-0.15, -0.1) is 0 Å². The van der Waals surface area contributed by atoms with Gasteiger partial charge in [-0.3, -0.25) is 0 Å². The fraction of sp³-hybridized carbons (Fsp3) is 0.467. The Morgan fingerprint density at radius 2 is 2.21 bits per heavy atom. The van der Waals surface area contributed by atoms with Gasteiger partial charge in [0.1, 0.15) is 0 Å². The molecule has 1 aliphatic carbocycles. The van der Waals surface area contributed by atoms with E-state index in [4.69, 9.17) is 16.3 Å². The van der Waals surface area contributed by atoms with Crippen LogP contribution in [0.15, 0.2) is 24.3 Å². The van der Waals surface area contributed by atoms with Crippen LogP contribution in [0.25, 0.3) is 10.9 Å². The van der Waals surface area contributed by atoms with E-state index in [9.17, 15) is 0 Å². The summed E-state index contributed by atoms with van der Waals surface area (Å²) >= 11 is 6.41. The zero-order valence-corrected chi connectivity index (χ0v) is 11.8. The Kier molecular flexibility index (Phi) is 3.78. The Labute approximate surface area is 118 Å². The molecule has 0 bridgehead atoms. The Morgan fingerprint density at radius 3 is 3.00 bits per heavy atom. The van der Waals surface area contributed by atoms with E-state index in [1.165, 1.54) is 12.8 Å². The van der Waals surface area contributed by atoms with Crippen molar-refractivity contribution in [1.82, 2.24) is 10.3 Å². The van der Waals surface area contributed by atoms with Crippen LogP contribution in [0.2, 0.25) is 5.02 Å². The first-order valence-electron chi connectivity index (χ1n) is 6.81. The summed E-state index contributed by atoms with van der Waals surface area (Å²) in [5, 5.41) is 5.48. The highest BCUT2D eigenvalue weighted by molar-refractivity contribution is 6.36. The minimum Gasteiger partial charge on any atom is -0.380 e. The quantitative estimate of drug-likeness (QED) is 0.898. The lowest BCUT2D eigenvalue weighted by Crippen LogP contribution is -2.36. The minimum absolute atomic E-state index is 0.336. The molecule has 2 unspecified atom stereocenters. The van der Waals surface area contributed by atoms with Crippen molar-refractivity contribution >= 4 is 22.5 Å². The molecule has 1 aromatic heterocycles. The molecule has 0 saturated heterocycles. The molecule has 3 rings (SSSR count). The number of H-pyrrole nitrogens is 1. The van der Waals surface area contributed by atoms with Gasteiger partial charge in [0.25, 0.3) is 0 Å². The summed E-state index contributed by atoms with van der Waals surface area (Å²) in [5.41, 5.74) is 2.16. The number of aromatic amines is 1. The van der Waals surface area contributed by atoms with Crippen molar-refractivity contribution in [2.75, 3.05) is 7.11 Å². The topological polar surface area (TPSA) is 37.0 Å². The Hall–Kier alpha value is -1.03. The summed E-state index contributed by atoms with van der Waals surface area (Å²) in [5.74, 6) is 0. The number of para-hydroxylation sites is 1. The van der Waals surface area contributed by atoms with Gasteiger partial charge in [-0.25, -0.2) is 0 Å². The van der Waals surface area contributed by atoms with Gasteiger partial charge < -0.3 is 15.0 Å². The van der Waals surface area contributed by atoms with E-state index in [0.29, 0.717) is 12.1 Å². The number of methoxy groups -OCH3 is 1. The molecule has 1 heterocycles. The summed E-state index contributed by atoms with van der Waals surface area (Å²) in [6, 6.07) is 8.57.